The third-order valence-corrected chi connectivity index (χ3v) is 4.63. The highest BCUT2D eigenvalue weighted by molar-refractivity contribution is 6.37. The molecule has 0 radical (unpaired) electrons. The Morgan fingerprint density at radius 1 is 1.32 bits per heavy atom. The third-order valence-electron chi connectivity index (χ3n) is 3.78. The Morgan fingerprint density at radius 2 is 1.92 bits per heavy atom. The van der Waals surface area contributed by atoms with Crippen LogP contribution in [0.15, 0.2) is 43.0 Å². The van der Waals surface area contributed by atoms with E-state index >= 15 is 0 Å². The molecule has 0 heterocycles. The van der Waals surface area contributed by atoms with Gasteiger partial charge in [-0.15, -0.1) is 6.58 Å². The van der Waals surface area contributed by atoms with Crippen molar-refractivity contribution in [2.45, 2.75) is 19.8 Å². The van der Waals surface area contributed by atoms with Crippen LogP contribution < -0.4 is 4.74 Å². The zero-order chi connectivity index (χ0) is 18.7. The van der Waals surface area contributed by atoms with Gasteiger partial charge < -0.3 is 4.74 Å². The second-order valence-corrected chi connectivity index (χ2v) is 6.22. The lowest BCUT2D eigenvalue weighted by atomic mass is 9.98. The molecule has 0 amide bonds. The normalized spacial score (nSPS) is 11.7. The Kier molecular flexibility index (Phi) is 5.82. The summed E-state index contributed by atoms with van der Waals surface area (Å²) in [5.74, 6) is -0.606. The third kappa shape index (κ3) is 4.00. The molecule has 5 nitrogen and oxygen atoms in total. The molecule has 2 aromatic carbocycles. The Labute approximate surface area is 155 Å². The quantitative estimate of drug-likeness (QED) is 0.219. The van der Waals surface area contributed by atoms with Crippen LogP contribution in [0.1, 0.15) is 34.3 Å². The minimum atomic E-state index is -0.670. The van der Waals surface area contributed by atoms with Crippen molar-refractivity contribution in [2.75, 3.05) is 0 Å². The average Bonchev–Trinajstić information content (AvgIpc) is 2.61. The monoisotopic (exact) mass is 379 g/mol. The molecule has 1 atom stereocenters. The smallest absolute Gasteiger partial charge is 0.343 e. The van der Waals surface area contributed by atoms with Gasteiger partial charge in [0.15, 0.2) is 5.75 Å². The van der Waals surface area contributed by atoms with Crippen molar-refractivity contribution < 1.29 is 14.5 Å². The number of hydrogen-bond donors (Lipinski definition) is 0. The van der Waals surface area contributed by atoms with E-state index in [4.69, 9.17) is 27.9 Å². The van der Waals surface area contributed by atoms with E-state index in [2.05, 4.69) is 6.58 Å². The molecule has 0 saturated carbocycles. The number of carbonyl (C=O) groups is 1. The molecule has 2 aromatic rings. The molecular formula is C18H15Cl2NO4. The summed E-state index contributed by atoms with van der Waals surface area (Å²) in [7, 11) is 0. The van der Waals surface area contributed by atoms with Gasteiger partial charge in [0.25, 0.3) is 5.69 Å². The van der Waals surface area contributed by atoms with Crippen LogP contribution in [-0.4, -0.2) is 10.9 Å². The number of carbonyl (C=O) groups excluding carboxylic acids is 1. The zero-order valence-electron chi connectivity index (χ0n) is 13.6. The van der Waals surface area contributed by atoms with Crippen LogP contribution in [0.5, 0.6) is 5.75 Å². The number of nitro benzene ring substituents is 1. The van der Waals surface area contributed by atoms with Crippen molar-refractivity contribution in [3.05, 3.63) is 79.8 Å². The Bertz CT molecular complexity index is 847. The number of nitrogens with zero attached hydrogens (tertiary/aromatic N) is 1. The van der Waals surface area contributed by atoms with Crippen LogP contribution in [0, 0.1) is 17.0 Å². The van der Waals surface area contributed by atoms with Gasteiger partial charge in [-0.25, -0.2) is 4.79 Å². The fourth-order valence-electron chi connectivity index (χ4n) is 2.15. The fourth-order valence-corrected chi connectivity index (χ4v) is 2.66. The van der Waals surface area contributed by atoms with Crippen LogP contribution in [0.4, 0.5) is 5.69 Å². The first-order valence-corrected chi connectivity index (χ1v) is 8.09. The molecule has 7 heteroatoms. The standard InChI is InChI=1S/C18H15Cl2NO4/c1-4-10(2)14-9-15(19)11(3)16(20)17(14)25-18(22)12-5-7-13(8-6-12)21(23)24/h4-10H,1H2,2-3H3/t10-/m0/s1. The minimum absolute atomic E-state index is 0.113. The van der Waals surface area contributed by atoms with Gasteiger partial charge in [0.1, 0.15) is 0 Å². The van der Waals surface area contributed by atoms with Crippen molar-refractivity contribution in [1.82, 2.24) is 0 Å². The van der Waals surface area contributed by atoms with Gasteiger partial charge in [0.2, 0.25) is 0 Å². The summed E-state index contributed by atoms with van der Waals surface area (Å²) in [5, 5.41) is 11.4. The van der Waals surface area contributed by atoms with E-state index < -0.39 is 10.9 Å². The lowest BCUT2D eigenvalue weighted by molar-refractivity contribution is -0.384. The van der Waals surface area contributed by atoms with Crippen molar-refractivity contribution in [3.8, 4) is 5.75 Å². The molecule has 0 N–H and O–H groups in total. The number of non-ortho nitro benzene ring substituents is 1. The first-order chi connectivity index (χ1) is 11.8. The molecule has 0 saturated heterocycles. The number of benzene rings is 2. The summed E-state index contributed by atoms with van der Waals surface area (Å²) >= 11 is 12.5. The van der Waals surface area contributed by atoms with Gasteiger partial charge in [-0.05, 0) is 30.7 Å². The second-order valence-electron chi connectivity index (χ2n) is 5.43. The summed E-state index contributed by atoms with van der Waals surface area (Å²) in [4.78, 5) is 22.5. The number of allylic oxidation sites excluding steroid dienone is 1. The van der Waals surface area contributed by atoms with Crippen LogP contribution in [-0.2, 0) is 0 Å². The highest BCUT2D eigenvalue weighted by Gasteiger charge is 2.21. The van der Waals surface area contributed by atoms with Gasteiger partial charge in [-0.2, -0.15) is 0 Å². The number of nitro groups is 1. The van der Waals surface area contributed by atoms with Crippen molar-refractivity contribution in [1.29, 1.82) is 0 Å². The van der Waals surface area contributed by atoms with Gasteiger partial charge in [0.05, 0.1) is 15.5 Å². The number of rotatable bonds is 5. The van der Waals surface area contributed by atoms with E-state index in [-0.39, 0.29) is 27.9 Å². The molecule has 2 rings (SSSR count). The highest BCUT2D eigenvalue weighted by Crippen LogP contribution is 2.40. The summed E-state index contributed by atoms with van der Waals surface area (Å²) in [6.45, 7) is 7.32. The molecule has 0 aliphatic rings. The number of hydrogen-bond acceptors (Lipinski definition) is 4. The molecule has 0 aliphatic carbocycles. The fraction of sp³-hybridized carbons (Fsp3) is 0.167. The van der Waals surface area contributed by atoms with E-state index in [1.54, 1.807) is 19.1 Å². The molecule has 0 bridgehead atoms. The second kappa shape index (κ2) is 7.68. The topological polar surface area (TPSA) is 69.4 Å². The highest BCUT2D eigenvalue weighted by atomic mass is 35.5. The van der Waals surface area contributed by atoms with Crippen molar-refractivity contribution in [3.63, 3.8) is 0 Å². The Morgan fingerprint density at radius 3 is 2.44 bits per heavy atom. The summed E-state index contributed by atoms with van der Waals surface area (Å²) in [5.41, 5.74) is 1.28. The first-order valence-electron chi connectivity index (χ1n) is 7.34. The predicted molar refractivity (Wildman–Crippen MR) is 97.9 cm³/mol. The molecule has 130 valence electrons. The van der Waals surface area contributed by atoms with Crippen LogP contribution >= 0.6 is 23.2 Å². The Hall–Kier alpha value is -2.37. The number of ether oxygens (including phenoxy) is 1. The Balaban J connectivity index is 2.41. The van der Waals surface area contributed by atoms with E-state index in [1.807, 2.05) is 6.92 Å². The summed E-state index contributed by atoms with van der Waals surface area (Å²) in [6, 6.07) is 6.81. The SMILES string of the molecule is C=C[C@H](C)c1cc(Cl)c(C)c(Cl)c1OC(=O)c1ccc([N+](=O)[O-])cc1. The lowest BCUT2D eigenvalue weighted by Gasteiger charge is -2.17. The van der Waals surface area contributed by atoms with E-state index in [0.29, 0.717) is 16.1 Å². The van der Waals surface area contributed by atoms with E-state index in [0.717, 1.165) is 0 Å². The maximum atomic E-state index is 12.4. The average molecular weight is 380 g/mol. The molecule has 0 aromatic heterocycles. The molecule has 0 aliphatic heterocycles. The zero-order valence-corrected chi connectivity index (χ0v) is 15.1. The van der Waals surface area contributed by atoms with Crippen LogP contribution in [0.2, 0.25) is 10.0 Å². The van der Waals surface area contributed by atoms with Gasteiger partial charge in [-0.3, -0.25) is 10.1 Å². The van der Waals surface area contributed by atoms with Gasteiger partial charge >= 0.3 is 5.97 Å². The molecular weight excluding hydrogens is 365 g/mol. The van der Waals surface area contributed by atoms with Crippen molar-refractivity contribution >= 4 is 34.9 Å². The summed E-state index contributed by atoms with van der Waals surface area (Å²) in [6.07, 6.45) is 1.68. The predicted octanol–water partition coefficient (Wildman–Crippen LogP) is 5.72. The van der Waals surface area contributed by atoms with Gasteiger partial charge in [-0.1, -0.05) is 36.2 Å². The summed E-state index contributed by atoms with van der Waals surface area (Å²) < 4.78 is 5.47. The molecule has 0 spiro atoms. The minimum Gasteiger partial charge on any atom is -0.421 e. The molecule has 0 fully saturated rings. The van der Waals surface area contributed by atoms with Crippen LogP contribution in [0.25, 0.3) is 0 Å². The van der Waals surface area contributed by atoms with Gasteiger partial charge in [0, 0.05) is 28.6 Å². The maximum absolute atomic E-state index is 12.4. The number of esters is 1. The van der Waals surface area contributed by atoms with E-state index in [1.165, 1.54) is 24.3 Å². The number of halogens is 2. The maximum Gasteiger partial charge on any atom is 0.343 e. The first kappa shape index (κ1) is 19.0. The lowest BCUT2D eigenvalue weighted by Crippen LogP contribution is -2.11. The van der Waals surface area contributed by atoms with Crippen molar-refractivity contribution in [2.24, 2.45) is 0 Å². The van der Waals surface area contributed by atoms with Crippen LogP contribution in [0.3, 0.4) is 0 Å². The molecule has 25 heavy (non-hydrogen) atoms. The van der Waals surface area contributed by atoms with E-state index in [9.17, 15) is 14.9 Å². The largest absolute Gasteiger partial charge is 0.421 e. The molecule has 0 unspecified atom stereocenters.